The van der Waals surface area contributed by atoms with Crippen LogP contribution in [0.1, 0.15) is 5.56 Å². The Morgan fingerprint density at radius 3 is 2.59 bits per heavy atom. The van der Waals surface area contributed by atoms with E-state index >= 15 is 0 Å². The summed E-state index contributed by atoms with van der Waals surface area (Å²) >= 11 is 1.06. The molecule has 17 heavy (non-hydrogen) atoms. The van der Waals surface area contributed by atoms with Gasteiger partial charge in [0.2, 0.25) is 5.91 Å². The van der Waals surface area contributed by atoms with Crippen molar-refractivity contribution in [3.05, 3.63) is 29.8 Å². The second-order valence-corrected chi connectivity index (χ2v) is 4.44. The Hall–Kier alpha value is -1.21. The molecule has 94 valence electrons. The summed E-state index contributed by atoms with van der Waals surface area (Å²) in [5.74, 6) is -0.527. The van der Waals surface area contributed by atoms with Crippen LogP contribution in [-0.2, 0) is 11.0 Å². The van der Waals surface area contributed by atoms with Crippen molar-refractivity contribution in [2.75, 3.05) is 5.75 Å². The summed E-state index contributed by atoms with van der Waals surface area (Å²) in [5.41, 5.74) is 9.59. The average molecular weight is 264 g/mol. The fraction of sp³-hybridized carbons (Fsp3) is 0.300. The summed E-state index contributed by atoms with van der Waals surface area (Å²) in [7, 11) is 0. The number of alkyl halides is 3. The van der Waals surface area contributed by atoms with E-state index in [2.05, 4.69) is 0 Å². The number of hydrogen-bond acceptors (Lipinski definition) is 3. The van der Waals surface area contributed by atoms with Gasteiger partial charge in [-0.15, -0.1) is 11.8 Å². The van der Waals surface area contributed by atoms with Crippen molar-refractivity contribution < 1.29 is 18.0 Å². The van der Waals surface area contributed by atoms with Gasteiger partial charge in [-0.3, -0.25) is 4.79 Å². The molecule has 3 nitrogen and oxygen atoms in total. The molecule has 4 N–H and O–H groups in total. The van der Waals surface area contributed by atoms with E-state index in [0.717, 1.165) is 23.9 Å². The molecule has 0 fully saturated rings. The fourth-order valence-corrected chi connectivity index (χ4v) is 1.95. The molecule has 0 aliphatic heterocycles. The maximum Gasteiger partial charge on any atom is 0.416 e. The van der Waals surface area contributed by atoms with Crippen molar-refractivity contribution in [1.82, 2.24) is 0 Å². The van der Waals surface area contributed by atoms with Crippen molar-refractivity contribution in [1.29, 1.82) is 0 Å². The fourth-order valence-electron chi connectivity index (χ4n) is 1.03. The Balaban J connectivity index is 2.70. The van der Waals surface area contributed by atoms with Crippen molar-refractivity contribution in [2.45, 2.75) is 17.1 Å². The predicted molar refractivity (Wildman–Crippen MR) is 59.3 cm³/mol. The third kappa shape index (κ3) is 4.27. The highest BCUT2D eigenvalue weighted by Crippen LogP contribution is 2.31. The van der Waals surface area contributed by atoms with Gasteiger partial charge in [-0.2, -0.15) is 13.2 Å². The zero-order valence-electron chi connectivity index (χ0n) is 8.70. The molecule has 0 aliphatic rings. The largest absolute Gasteiger partial charge is 0.416 e. The summed E-state index contributed by atoms with van der Waals surface area (Å²) in [6.45, 7) is 0. The first-order chi connectivity index (χ1) is 7.80. The van der Waals surface area contributed by atoms with Crippen LogP contribution in [0.3, 0.4) is 0 Å². The Labute approximate surface area is 100 Å². The van der Waals surface area contributed by atoms with Crippen LogP contribution in [0.2, 0.25) is 0 Å². The second-order valence-electron chi connectivity index (χ2n) is 3.35. The molecule has 0 saturated carbocycles. The number of carbonyl (C=O) groups is 1. The molecule has 1 aromatic rings. The van der Waals surface area contributed by atoms with Gasteiger partial charge in [0.1, 0.15) is 0 Å². The van der Waals surface area contributed by atoms with Gasteiger partial charge in [-0.25, -0.2) is 0 Å². The van der Waals surface area contributed by atoms with Crippen molar-refractivity contribution in [3.8, 4) is 0 Å². The van der Waals surface area contributed by atoms with E-state index in [1.54, 1.807) is 0 Å². The second kappa shape index (κ2) is 5.42. The van der Waals surface area contributed by atoms with Gasteiger partial charge in [0, 0.05) is 10.6 Å². The molecule has 7 heteroatoms. The van der Waals surface area contributed by atoms with E-state index in [1.807, 2.05) is 0 Å². The lowest BCUT2D eigenvalue weighted by atomic mass is 10.2. The topological polar surface area (TPSA) is 69.1 Å². The lowest BCUT2D eigenvalue weighted by Gasteiger charge is -2.10. The molecule has 0 heterocycles. The van der Waals surface area contributed by atoms with Gasteiger partial charge in [0.25, 0.3) is 0 Å². The van der Waals surface area contributed by atoms with Crippen molar-refractivity contribution in [3.63, 3.8) is 0 Å². The number of halogens is 3. The van der Waals surface area contributed by atoms with E-state index in [9.17, 15) is 18.0 Å². The Morgan fingerprint density at radius 1 is 1.41 bits per heavy atom. The molecule has 0 bridgehead atoms. The lowest BCUT2D eigenvalue weighted by Crippen LogP contribution is -2.38. The number of primary amides is 1. The van der Waals surface area contributed by atoms with Gasteiger partial charge in [0.05, 0.1) is 11.6 Å². The highest BCUT2D eigenvalue weighted by molar-refractivity contribution is 7.99. The van der Waals surface area contributed by atoms with Crippen molar-refractivity contribution in [2.24, 2.45) is 11.5 Å². The molecule has 1 aromatic carbocycles. The summed E-state index contributed by atoms with van der Waals surface area (Å²) in [6, 6.07) is 3.96. The highest BCUT2D eigenvalue weighted by Gasteiger charge is 2.30. The summed E-state index contributed by atoms with van der Waals surface area (Å²) in [5, 5.41) is 0. The minimum Gasteiger partial charge on any atom is -0.368 e. The number of amides is 1. The summed E-state index contributed by atoms with van der Waals surface area (Å²) in [6.07, 6.45) is -4.37. The molecule has 0 spiro atoms. The van der Waals surface area contributed by atoms with Crippen LogP contribution in [0.25, 0.3) is 0 Å². The zero-order chi connectivity index (χ0) is 13.1. The van der Waals surface area contributed by atoms with E-state index in [0.29, 0.717) is 4.90 Å². The average Bonchev–Trinajstić information content (AvgIpc) is 2.25. The van der Waals surface area contributed by atoms with E-state index in [-0.39, 0.29) is 5.75 Å². The van der Waals surface area contributed by atoms with Gasteiger partial charge in [-0.1, -0.05) is 6.07 Å². The van der Waals surface area contributed by atoms with E-state index in [4.69, 9.17) is 11.5 Å². The maximum absolute atomic E-state index is 12.4. The highest BCUT2D eigenvalue weighted by atomic mass is 32.2. The number of nitrogens with two attached hydrogens (primary N) is 2. The van der Waals surface area contributed by atoms with Crippen LogP contribution < -0.4 is 11.5 Å². The minimum atomic E-state index is -4.37. The Morgan fingerprint density at radius 2 is 2.06 bits per heavy atom. The number of thioether (sulfide) groups is 1. The van der Waals surface area contributed by atoms with Crippen LogP contribution in [0, 0.1) is 0 Å². The molecule has 1 rings (SSSR count). The third-order valence-corrected chi connectivity index (χ3v) is 3.07. The van der Waals surface area contributed by atoms with Gasteiger partial charge in [-0.05, 0) is 18.2 Å². The number of hydrogen-bond donors (Lipinski definition) is 2. The first-order valence-corrected chi connectivity index (χ1v) is 5.64. The molecular weight excluding hydrogens is 253 g/mol. The molecule has 0 aromatic heterocycles. The van der Waals surface area contributed by atoms with Gasteiger partial charge < -0.3 is 11.5 Å². The zero-order valence-corrected chi connectivity index (χ0v) is 9.52. The predicted octanol–water partition coefficient (Wildman–Crippen LogP) is 1.61. The number of carbonyl (C=O) groups excluding carboxylic acids is 1. The van der Waals surface area contributed by atoms with Gasteiger partial charge in [0.15, 0.2) is 0 Å². The first-order valence-electron chi connectivity index (χ1n) is 4.65. The van der Waals surface area contributed by atoms with Crippen molar-refractivity contribution >= 4 is 17.7 Å². The SMILES string of the molecule is NC(=O)C(N)CSc1cccc(C(F)(F)F)c1. The van der Waals surface area contributed by atoms with E-state index < -0.39 is 23.7 Å². The van der Waals surface area contributed by atoms with Crippen LogP contribution in [0.15, 0.2) is 29.2 Å². The van der Waals surface area contributed by atoms with Crippen LogP contribution in [0.5, 0.6) is 0 Å². The Kier molecular flexibility index (Phi) is 4.41. The molecule has 1 unspecified atom stereocenters. The molecule has 1 atom stereocenters. The number of rotatable bonds is 4. The maximum atomic E-state index is 12.4. The monoisotopic (exact) mass is 264 g/mol. The van der Waals surface area contributed by atoms with Crippen LogP contribution in [-0.4, -0.2) is 17.7 Å². The standard InChI is InChI=1S/C10H11F3N2OS/c11-10(12,13)6-2-1-3-7(4-6)17-5-8(14)9(15)16/h1-4,8H,5,14H2,(H2,15,16). The summed E-state index contributed by atoms with van der Waals surface area (Å²) < 4.78 is 37.2. The van der Waals surface area contributed by atoms with E-state index in [1.165, 1.54) is 12.1 Å². The van der Waals surface area contributed by atoms with Crippen LogP contribution in [0.4, 0.5) is 13.2 Å². The molecule has 0 radical (unpaired) electrons. The quantitative estimate of drug-likeness (QED) is 0.812. The number of benzene rings is 1. The van der Waals surface area contributed by atoms with Crippen LogP contribution >= 0.6 is 11.8 Å². The molecule has 0 saturated heterocycles. The first kappa shape index (κ1) is 13.9. The lowest BCUT2D eigenvalue weighted by molar-refractivity contribution is -0.137. The molecule has 0 aliphatic carbocycles. The minimum absolute atomic E-state index is 0.149. The normalized spacial score (nSPS) is 13.4. The molecule has 1 amide bonds. The molecular formula is C10H11F3N2OS. The smallest absolute Gasteiger partial charge is 0.368 e. The third-order valence-electron chi connectivity index (χ3n) is 1.96. The van der Waals surface area contributed by atoms with Gasteiger partial charge >= 0.3 is 6.18 Å². The Bertz CT molecular complexity index is 409. The summed E-state index contributed by atoms with van der Waals surface area (Å²) in [4.78, 5) is 11.1.